The molecular weight excluding hydrogens is 234 g/mol. The van der Waals surface area contributed by atoms with Crippen LogP contribution in [0.15, 0.2) is 17.1 Å². The highest BCUT2D eigenvalue weighted by molar-refractivity contribution is 5.80. The molecule has 1 N–H and O–H groups in total. The molecule has 108 valence electrons. The van der Waals surface area contributed by atoms with Crippen LogP contribution in [0.2, 0.25) is 0 Å². The summed E-state index contributed by atoms with van der Waals surface area (Å²) in [6.45, 7) is 8.54. The van der Waals surface area contributed by atoms with Gasteiger partial charge in [-0.15, -0.1) is 0 Å². The normalized spacial score (nSPS) is 27.9. The van der Waals surface area contributed by atoms with Gasteiger partial charge in [-0.05, 0) is 44.9 Å². The number of hydrogen-bond donors (Lipinski definition) is 1. The lowest BCUT2D eigenvalue weighted by Crippen LogP contribution is -2.40. The first-order chi connectivity index (χ1) is 9.35. The summed E-state index contributed by atoms with van der Waals surface area (Å²) >= 11 is 0. The summed E-state index contributed by atoms with van der Waals surface area (Å²) in [6, 6.07) is 0. The molecular formula is C16H29N3. The second-order valence-corrected chi connectivity index (χ2v) is 5.80. The Bertz CT molecular complexity index is 308. The topological polar surface area (TPSA) is 27.6 Å². The zero-order chi connectivity index (χ0) is 13.5. The number of nitrogens with zero attached hydrogens (tertiary/aromatic N) is 2. The third-order valence-electron chi connectivity index (χ3n) is 4.40. The van der Waals surface area contributed by atoms with Gasteiger partial charge in [-0.1, -0.05) is 25.0 Å². The van der Waals surface area contributed by atoms with Gasteiger partial charge in [0.2, 0.25) is 0 Å². The lowest BCUT2D eigenvalue weighted by molar-refractivity contribution is 0.299. The lowest BCUT2D eigenvalue weighted by atomic mass is 9.82. The number of fused-ring (bicyclic) bond motifs is 1. The molecule has 1 saturated carbocycles. The fourth-order valence-corrected chi connectivity index (χ4v) is 3.42. The minimum absolute atomic E-state index is 0.901. The minimum atomic E-state index is 0.901. The second kappa shape index (κ2) is 7.56. The van der Waals surface area contributed by atoms with Crippen molar-refractivity contribution < 1.29 is 0 Å². The van der Waals surface area contributed by atoms with Crippen LogP contribution < -0.4 is 5.32 Å². The van der Waals surface area contributed by atoms with Crippen LogP contribution in [0.4, 0.5) is 0 Å². The maximum absolute atomic E-state index is 4.77. The maximum atomic E-state index is 4.77. The van der Waals surface area contributed by atoms with E-state index < -0.39 is 0 Å². The van der Waals surface area contributed by atoms with Crippen molar-refractivity contribution in [2.75, 3.05) is 26.2 Å². The van der Waals surface area contributed by atoms with Gasteiger partial charge in [-0.25, -0.2) is 0 Å². The van der Waals surface area contributed by atoms with Crippen molar-refractivity contribution in [3.05, 3.63) is 12.2 Å². The van der Waals surface area contributed by atoms with Crippen LogP contribution in [0, 0.1) is 11.8 Å². The fourth-order valence-electron chi connectivity index (χ4n) is 3.42. The summed E-state index contributed by atoms with van der Waals surface area (Å²) < 4.78 is 0. The molecule has 2 aliphatic rings. The van der Waals surface area contributed by atoms with Crippen molar-refractivity contribution in [3.8, 4) is 0 Å². The minimum Gasteiger partial charge on any atom is -0.357 e. The zero-order valence-electron chi connectivity index (χ0n) is 12.6. The molecule has 2 fully saturated rings. The number of likely N-dealkylation sites (tertiary alicyclic amines) is 1. The Balaban J connectivity index is 1.91. The Labute approximate surface area is 118 Å². The van der Waals surface area contributed by atoms with Gasteiger partial charge in [0.05, 0.1) is 0 Å². The Morgan fingerprint density at radius 2 is 1.95 bits per heavy atom. The van der Waals surface area contributed by atoms with Crippen LogP contribution in [0.1, 0.15) is 46.0 Å². The predicted molar refractivity (Wildman–Crippen MR) is 82.4 cm³/mol. The molecule has 0 aromatic heterocycles. The van der Waals surface area contributed by atoms with Crippen molar-refractivity contribution in [3.63, 3.8) is 0 Å². The van der Waals surface area contributed by atoms with Gasteiger partial charge in [0, 0.05) is 26.2 Å². The molecule has 0 bridgehead atoms. The number of allylic oxidation sites excluding steroid dienone is 1. The summed E-state index contributed by atoms with van der Waals surface area (Å²) in [5.41, 5.74) is 0. The fraction of sp³-hybridized carbons (Fsp3) is 0.812. The van der Waals surface area contributed by atoms with Gasteiger partial charge in [-0.2, -0.15) is 0 Å². The number of guanidine groups is 1. The zero-order valence-corrected chi connectivity index (χ0v) is 12.6. The molecule has 0 spiro atoms. The lowest BCUT2D eigenvalue weighted by Gasteiger charge is -2.22. The van der Waals surface area contributed by atoms with Crippen LogP contribution in [0.25, 0.3) is 0 Å². The third kappa shape index (κ3) is 3.99. The Morgan fingerprint density at radius 1 is 1.26 bits per heavy atom. The third-order valence-corrected chi connectivity index (χ3v) is 4.40. The van der Waals surface area contributed by atoms with E-state index in [1.807, 2.05) is 0 Å². The summed E-state index contributed by atoms with van der Waals surface area (Å²) in [4.78, 5) is 7.27. The van der Waals surface area contributed by atoms with Crippen LogP contribution in [0.3, 0.4) is 0 Å². The number of nitrogens with one attached hydrogen (secondary N) is 1. The van der Waals surface area contributed by atoms with Crippen molar-refractivity contribution in [2.24, 2.45) is 16.8 Å². The van der Waals surface area contributed by atoms with Crippen molar-refractivity contribution in [2.45, 2.75) is 46.0 Å². The quantitative estimate of drug-likeness (QED) is 0.365. The molecule has 2 unspecified atom stereocenters. The van der Waals surface area contributed by atoms with Crippen molar-refractivity contribution in [1.82, 2.24) is 10.2 Å². The van der Waals surface area contributed by atoms with Gasteiger partial charge in [0.15, 0.2) is 5.96 Å². The highest BCUT2D eigenvalue weighted by Gasteiger charge is 2.35. The predicted octanol–water partition coefficient (Wildman–Crippen LogP) is 3.04. The van der Waals surface area contributed by atoms with Crippen molar-refractivity contribution in [1.29, 1.82) is 0 Å². The van der Waals surface area contributed by atoms with E-state index in [4.69, 9.17) is 4.99 Å². The van der Waals surface area contributed by atoms with Gasteiger partial charge in [-0.3, -0.25) is 4.99 Å². The first-order valence-corrected chi connectivity index (χ1v) is 7.99. The SMILES string of the molecule is C/C=C/CCN=C(NCC)N1CC2CCCCC2C1. The molecule has 2 rings (SSSR count). The number of rotatable bonds is 4. The van der Waals surface area contributed by atoms with Crippen LogP contribution >= 0.6 is 0 Å². The van der Waals surface area contributed by atoms with E-state index in [9.17, 15) is 0 Å². The molecule has 19 heavy (non-hydrogen) atoms. The molecule has 2 atom stereocenters. The molecule has 1 aliphatic heterocycles. The van der Waals surface area contributed by atoms with E-state index in [1.54, 1.807) is 0 Å². The van der Waals surface area contributed by atoms with Gasteiger partial charge >= 0.3 is 0 Å². The first kappa shape index (κ1) is 14.4. The van der Waals surface area contributed by atoms with Crippen molar-refractivity contribution >= 4 is 5.96 Å². The highest BCUT2D eigenvalue weighted by Crippen LogP contribution is 2.35. The smallest absolute Gasteiger partial charge is 0.193 e. The van der Waals surface area contributed by atoms with Gasteiger partial charge < -0.3 is 10.2 Å². The average Bonchev–Trinajstić information content (AvgIpc) is 2.86. The van der Waals surface area contributed by atoms with E-state index >= 15 is 0 Å². The summed E-state index contributed by atoms with van der Waals surface area (Å²) in [5, 5.41) is 3.46. The summed E-state index contributed by atoms with van der Waals surface area (Å²) in [6.07, 6.45) is 11.1. The molecule has 1 aliphatic carbocycles. The van der Waals surface area contributed by atoms with E-state index in [0.717, 1.165) is 37.3 Å². The summed E-state index contributed by atoms with van der Waals surface area (Å²) in [5.74, 6) is 2.99. The van der Waals surface area contributed by atoms with E-state index in [1.165, 1.54) is 38.8 Å². The molecule has 3 heteroatoms. The van der Waals surface area contributed by atoms with Crippen LogP contribution in [0.5, 0.6) is 0 Å². The molecule has 0 radical (unpaired) electrons. The Morgan fingerprint density at radius 3 is 2.53 bits per heavy atom. The van der Waals surface area contributed by atoms with Gasteiger partial charge in [0.25, 0.3) is 0 Å². The van der Waals surface area contributed by atoms with E-state index in [0.29, 0.717) is 0 Å². The first-order valence-electron chi connectivity index (χ1n) is 7.99. The molecule has 1 saturated heterocycles. The molecule has 0 amide bonds. The highest BCUT2D eigenvalue weighted by atomic mass is 15.3. The molecule has 1 heterocycles. The number of hydrogen-bond acceptors (Lipinski definition) is 1. The Kier molecular flexibility index (Phi) is 5.74. The van der Waals surface area contributed by atoms with E-state index in [-0.39, 0.29) is 0 Å². The standard InChI is InChI=1S/C16H29N3/c1-3-5-8-11-18-16(17-4-2)19-12-14-9-6-7-10-15(14)13-19/h3,5,14-15H,4,6-13H2,1-2H3,(H,17,18)/b5-3+. The average molecular weight is 263 g/mol. The largest absolute Gasteiger partial charge is 0.357 e. The monoisotopic (exact) mass is 263 g/mol. The maximum Gasteiger partial charge on any atom is 0.193 e. The number of aliphatic imine (C=N–C) groups is 1. The van der Waals surface area contributed by atoms with Crippen LogP contribution in [-0.2, 0) is 0 Å². The second-order valence-electron chi connectivity index (χ2n) is 5.80. The molecule has 0 aromatic rings. The van der Waals surface area contributed by atoms with Crippen LogP contribution in [-0.4, -0.2) is 37.0 Å². The van der Waals surface area contributed by atoms with Gasteiger partial charge in [0.1, 0.15) is 0 Å². The molecule has 3 nitrogen and oxygen atoms in total. The van der Waals surface area contributed by atoms with E-state index in [2.05, 4.69) is 36.2 Å². The summed E-state index contributed by atoms with van der Waals surface area (Å²) in [7, 11) is 0. The Hall–Kier alpha value is -0.990. The molecule has 0 aromatic carbocycles.